The van der Waals surface area contributed by atoms with Crippen LogP contribution in [0.4, 0.5) is 11.4 Å². The van der Waals surface area contributed by atoms with E-state index < -0.39 is 11.9 Å². The molecule has 2 aliphatic rings. The quantitative estimate of drug-likeness (QED) is 0.583. The van der Waals surface area contributed by atoms with Gasteiger partial charge in [-0.05, 0) is 55.2 Å². The number of imide groups is 1. The van der Waals surface area contributed by atoms with Crippen molar-refractivity contribution in [1.82, 2.24) is 0 Å². The number of nitrogens with one attached hydrogen (secondary N) is 1. The van der Waals surface area contributed by atoms with Crippen molar-refractivity contribution in [2.75, 3.05) is 10.2 Å². The van der Waals surface area contributed by atoms with E-state index in [1.54, 1.807) is 37.3 Å². The first-order chi connectivity index (χ1) is 14.8. The van der Waals surface area contributed by atoms with Crippen LogP contribution in [0.3, 0.4) is 0 Å². The van der Waals surface area contributed by atoms with E-state index in [1.807, 2.05) is 19.1 Å². The van der Waals surface area contributed by atoms with Crippen molar-refractivity contribution < 1.29 is 24.3 Å². The first-order valence-corrected chi connectivity index (χ1v) is 10.1. The first-order valence-electron chi connectivity index (χ1n) is 10.1. The minimum absolute atomic E-state index is 0.0226. The summed E-state index contributed by atoms with van der Waals surface area (Å²) in [4.78, 5) is 51.4. The fourth-order valence-electron chi connectivity index (χ4n) is 4.33. The first kappa shape index (κ1) is 20.5. The molecule has 1 aliphatic carbocycles. The summed E-state index contributed by atoms with van der Waals surface area (Å²) in [7, 11) is 0. The topological polar surface area (TPSA) is 104 Å². The van der Waals surface area contributed by atoms with Gasteiger partial charge < -0.3 is 10.4 Å². The molecule has 0 unspecified atom stereocenters. The number of aromatic carboxylic acids is 1. The zero-order valence-electron chi connectivity index (χ0n) is 17.2. The van der Waals surface area contributed by atoms with Crippen LogP contribution in [-0.4, -0.2) is 28.8 Å². The number of rotatable bonds is 4. The molecule has 1 aliphatic heterocycles. The molecule has 7 nitrogen and oxygen atoms in total. The number of carboxylic acids is 1. The molecule has 158 valence electrons. The summed E-state index contributed by atoms with van der Waals surface area (Å²) >= 11 is 0. The molecular weight excluding hydrogens is 396 g/mol. The molecule has 2 aromatic rings. The summed E-state index contributed by atoms with van der Waals surface area (Å²) in [5.41, 5.74) is 1.52. The van der Waals surface area contributed by atoms with Gasteiger partial charge in [-0.1, -0.05) is 31.2 Å². The Morgan fingerprint density at radius 3 is 2.58 bits per heavy atom. The average molecular weight is 418 g/mol. The van der Waals surface area contributed by atoms with Crippen molar-refractivity contribution in [2.45, 2.75) is 20.3 Å². The predicted molar refractivity (Wildman–Crippen MR) is 115 cm³/mol. The third-order valence-corrected chi connectivity index (χ3v) is 5.89. The molecule has 2 aromatic carbocycles. The van der Waals surface area contributed by atoms with Crippen LogP contribution in [0.2, 0.25) is 0 Å². The third kappa shape index (κ3) is 3.63. The Labute approximate surface area is 179 Å². The van der Waals surface area contributed by atoms with Crippen LogP contribution in [0.1, 0.15) is 39.6 Å². The Morgan fingerprint density at radius 2 is 1.87 bits per heavy atom. The molecule has 1 heterocycles. The molecule has 3 amide bonds. The van der Waals surface area contributed by atoms with Gasteiger partial charge in [0.15, 0.2) is 0 Å². The van der Waals surface area contributed by atoms with Crippen molar-refractivity contribution in [3.05, 3.63) is 71.3 Å². The third-order valence-electron chi connectivity index (χ3n) is 5.89. The number of carbonyl (C=O) groups excluding carboxylic acids is 3. The van der Waals surface area contributed by atoms with Crippen LogP contribution in [0.15, 0.2) is 54.6 Å². The molecule has 31 heavy (non-hydrogen) atoms. The summed E-state index contributed by atoms with van der Waals surface area (Å²) < 4.78 is 0. The maximum absolute atomic E-state index is 13.0. The van der Waals surface area contributed by atoms with Gasteiger partial charge in [-0.25, -0.2) is 4.79 Å². The molecular formula is C24H22N2O5. The van der Waals surface area contributed by atoms with E-state index in [0.717, 1.165) is 5.56 Å². The Bertz CT molecular complexity index is 1140. The molecule has 7 heteroatoms. The van der Waals surface area contributed by atoms with Crippen molar-refractivity contribution in [1.29, 1.82) is 0 Å². The number of allylic oxidation sites excluding steroid dienone is 2. The van der Waals surface area contributed by atoms with Crippen LogP contribution < -0.4 is 10.2 Å². The Morgan fingerprint density at radius 1 is 1.10 bits per heavy atom. The highest BCUT2D eigenvalue weighted by molar-refractivity contribution is 6.22. The van der Waals surface area contributed by atoms with Crippen molar-refractivity contribution in [3.63, 3.8) is 0 Å². The normalized spacial score (nSPS) is 22.4. The van der Waals surface area contributed by atoms with Gasteiger partial charge in [0, 0.05) is 5.56 Å². The summed E-state index contributed by atoms with van der Waals surface area (Å²) in [5.74, 6) is -2.98. The van der Waals surface area contributed by atoms with Crippen LogP contribution in [0.5, 0.6) is 0 Å². The van der Waals surface area contributed by atoms with E-state index in [1.165, 1.54) is 17.0 Å². The van der Waals surface area contributed by atoms with Gasteiger partial charge in [0.25, 0.3) is 5.91 Å². The highest BCUT2D eigenvalue weighted by atomic mass is 16.4. The molecule has 3 atom stereocenters. The van der Waals surface area contributed by atoms with E-state index in [2.05, 4.69) is 5.32 Å². The van der Waals surface area contributed by atoms with E-state index in [4.69, 9.17) is 0 Å². The maximum Gasteiger partial charge on any atom is 0.337 e. The second kappa shape index (κ2) is 7.83. The smallest absolute Gasteiger partial charge is 0.337 e. The zero-order chi connectivity index (χ0) is 22.3. The second-order valence-electron chi connectivity index (χ2n) is 8.03. The number of amides is 3. The van der Waals surface area contributed by atoms with Crippen LogP contribution in [-0.2, 0) is 9.59 Å². The van der Waals surface area contributed by atoms with Crippen molar-refractivity contribution in [3.8, 4) is 0 Å². The minimum atomic E-state index is -1.15. The largest absolute Gasteiger partial charge is 0.478 e. The molecule has 0 radical (unpaired) electrons. The number of hydrogen-bond acceptors (Lipinski definition) is 4. The van der Waals surface area contributed by atoms with E-state index in [-0.39, 0.29) is 46.4 Å². The second-order valence-corrected chi connectivity index (χ2v) is 8.03. The molecule has 1 saturated heterocycles. The number of fused-ring (bicyclic) bond motifs is 1. The molecule has 0 spiro atoms. The Balaban J connectivity index is 1.62. The Kier molecular flexibility index (Phi) is 5.19. The van der Waals surface area contributed by atoms with Gasteiger partial charge in [-0.3, -0.25) is 19.3 Å². The van der Waals surface area contributed by atoms with Crippen LogP contribution in [0, 0.1) is 24.7 Å². The van der Waals surface area contributed by atoms with E-state index in [9.17, 15) is 24.3 Å². The lowest BCUT2D eigenvalue weighted by Gasteiger charge is -2.22. The highest BCUT2D eigenvalue weighted by Crippen LogP contribution is 2.40. The lowest BCUT2D eigenvalue weighted by molar-refractivity contribution is -0.122. The highest BCUT2D eigenvalue weighted by Gasteiger charge is 2.50. The number of benzene rings is 2. The number of aryl methyl sites for hydroxylation is 1. The zero-order valence-corrected chi connectivity index (χ0v) is 17.2. The number of carbonyl (C=O) groups is 4. The van der Waals surface area contributed by atoms with Gasteiger partial charge in [0.05, 0.1) is 28.8 Å². The monoisotopic (exact) mass is 418 g/mol. The van der Waals surface area contributed by atoms with Gasteiger partial charge in [0.1, 0.15) is 0 Å². The van der Waals surface area contributed by atoms with Crippen LogP contribution in [0.25, 0.3) is 0 Å². The molecule has 0 aromatic heterocycles. The van der Waals surface area contributed by atoms with Gasteiger partial charge in [0.2, 0.25) is 11.8 Å². The minimum Gasteiger partial charge on any atom is -0.478 e. The van der Waals surface area contributed by atoms with Gasteiger partial charge in [-0.15, -0.1) is 0 Å². The molecule has 4 rings (SSSR count). The number of nitrogens with zero attached hydrogens (tertiary/aromatic N) is 1. The molecule has 2 N–H and O–H groups in total. The summed E-state index contributed by atoms with van der Waals surface area (Å²) in [6, 6.07) is 10.9. The van der Waals surface area contributed by atoms with Crippen molar-refractivity contribution >= 4 is 35.1 Å². The van der Waals surface area contributed by atoms with Crippen LogP contribution >= 0.6 is 0 Å². The summed E-state index contributed by atoms with van der Waals surface area (Å²) in [6.45, 7) is 3.72. The molecule has 1 fully saturated rings. The standard InChI is InChI=1S/C24H22N2O5/c1-13-9-10-17(24(30)31)19(11-13)25-21(27)15-6-4-7-16(12-15)26-22(28)18-8-3-5-14(2)20(18)23(26)29/h3-7,9-12,14,18,20H,8H2,1-2H3,(H,25,27)(H,30,31)/t14-,18-,20+/m1/s1. The van der Waals surface area contributed by atoms with Gasteiger partial charge >= 0.3 is 5.97 Å². The number of carboxylic acid groups (broad SMARTS) is 1. The molecule has 0 saturated carbocycles. The summed E-state index contributed by atoms with van der Waals surface area (Å²) in [5, 5.41) is 12.0. The molecule has 0 bridgehead atoms. The van der Waals surface area contributed by atoms with E-state index in [0.29, 0.717) is 12.1 Å². The maximum atomic E-state index is 13.0. The number of anilines is 2. The summed E-state index contributed by atoms with van der Waals surface area (Å²) in [6.07, 6.45) is 4.43. The average Bonchev–Trinajstić information content (AvgIpc) is 2.99. The SMILES string of the molecule is Cc1ccc(C(=O)O)c(NC(=O)c2cccc(N3C(=O)[C@H]4[C@H](C)C=CC[C@H]4C3=O)c2)c1. The fourth-order valence-corrected chi connectivity index (χ4v) is 4.33. The lowest BCUT2D eigenvalue weighted by atomic mass is 9.78. The number of hydrogen-bond donors (Lipinski definition) is 2. The predicted octanol–water partition coefficient (Wildman–Crippen LogP) is 3.65. The lowest BCUT2D eigenvalue weighted by Crippen LogP contribution is -2.31. The Hall–Kier alpha value is -3.74. The van der Waals surface area contributed by atoms with E-state index >= 15 is 0 Å². The fraction of sp³-hybridized carbons (Fsp3) is 0.250. The van der Waals surface area contributed by atoms with Crippen molar-refractivity contribution in [2.24, 2.45) is 17.8 Å². The van der Waals surface area contributed by atoms with Gasteiger partial charge in [-0.2, -0.15) is 0 Å².